The number of nitrogens with two attached hydrogens (primary N) is 1. The molecule has 1 unspecified atom stereocenters. The van der Waals surface area contributed by atoms with Crippen molar-refractivity contribution in [2.45, 2.75) is 25.0 Å². The third-order valence-electron chi connectivity index (χ3n) is 2.77. The maximum absolute atomic E-state index is 6.18. The minimum Gasteiger partial charge on any atom is -0.494 e. The van der Waals surface area contributed by atoms with Gasteiger partial charge < -0.3 is 10.5 Å². The van der Waals surface area contributed by atoms with Gasteiger partial charge in [-0.15, -0.1) is 0 Å². The van der Waals surface area contributed by atoms with E-state index in [1.807, 2.05) is 50.5 Å². The van der Waals surface area contributed by atoms with Gasteiger partial charge in [-0.2, -0.15) is 0 Å². The number of hydrogen-bond acceptors (Lipinski definition) is 5. The summed E-state index contributed by atoms with van der Waals surface area (Å²) in [6.07, 6.45) is 3.63. The van der Waals surface area contributed by atoms with Crippen molar-refractivity contribution in [3.05, 3.63) is 47.8 Å². The van der Waals surface area contributed by atoms with Gasteiger partial charge in [0.15, 0.2) is 5.16 Å². The van der Waals surface area contributed by atoms with Gasteiger partial charge in [-0.3, -0.25) is 0 Å². The van der Waals surface area contributed by atoms with Gasteiger partial charge in [-0.25, -0.2) is 9.97 Å². The van der Waals surface area contributed by atoms with Gasteiger partial charge in [-0.05, 0) is 37.1 Å². The van der Waals surface area contributed by atoms with Crippen molar-refractivity contribution in [3.8, 4) is 5.75 Å². The quantitative estimate of drug-likeness (QED) is 0.654. The lowest BCUT2D eigenvalue weighted by Crippen LogP contribution is -2.13. The number of nitrogens with zero attached hydrogens (tertiary/aromatic N) is 2. The van der Waals surface area contributed by atoms with Crippen LogP contribution in [0.1, 0.15) is 24.1 Å². The molecule has 1 heterocycles. The van der Waals surface area contributed by atoms with Crippen LogP contribution in [0, 0.1) is 6.92 Å². The highest BCUT2D eigenvalue weighted by Gasteiger charge is 2.08. The number of ether oxygens (including phenoxy) is 1. The molecular formula is C15H19N3OS. The summed E-state index contributed by atoms with van der Waals surface area (Å²) in [6.45, 7) is 4.62. The Morgan fingerprint density at radius 1 is 1.20 bits per heavy atom. The van der Waals surface area contributed by atoms with Crippen molar-refractivity contribution in [1.82, 2.24) is 9.97 Å². The second kappa shape index (κ2) is 7.26. The molecule has 2 N–H and O–H groups in total. The highest BCUT2D eigenvalue weighted by atomic mass is 32.2. The van der Waals surface area contributed by atoms with Crippen LogP contribution in [-0.4, -0.2) is 22.3 Å². The molecule has 20 heavy (non-hydrogen) atoms. The highest BCUT2D eigenvalue weighted by Crippen LogP contribution is 2.22. The first kappa shape index (κ1) is 14.8. The lowest BCUT2D eigenvalue weighted by Gasteiger charge is -2.12. The monoisotopic (exact) mass is 289 g/mol. The number of aromatic nitrogens is 2. The Morgan fingerprint density at radius 3 is 2.45 bits per heavy atom. The second-order valence-corrected chi connectivity index (χ2v) is 5.45. The Bertz CT molecular complexity index is 528. The Labute approximate surface area is 123 Å². The molecule has 0 aliphatic heterocycles. The Balaban J connectivity index is 1.90. The number of rotatable bonds is 6. The van der Waals surface area contributed by atoms with Gasteiger partial charge in [0.05, 0.1) is 6.61 Å². The molecule has 2 aromatic rings. The van der Waals surface area contributed by atoms with E-state index in [1.54, 1.807) is 11.8 Å². The van der Waals surface area contributed by atoms with Crippen LogP contribution in [-0.2, 0) is 0 Å². The number of hydrogen-bond donors (Lipinski definition) is 1. The first-order valence-corrected chi connectivity index (χ1v) is 7.57. The van der Waals surface area contributed by atoms with Gasteiger partial charge in [0, 0.05) is 24.2 Å². The SMILES string of the molecule is CCOc1ccc(C(N)CSc2ncc(C)cn2)cc1. The molecule has 0 bridgehead atoms. The molecule has 0 spiro atoms. The maximum Gasteiger partial charge on any atom is 0.187 e. The first-order chi connectivity index (χ1) is 9.69. The molecule has 106 valence electrons. The third-order valence-corrected chi connectivity index (χ3v) is 3.76. The van der Waals surface area contributed by atoms with Crippen molar-refractivity contribution >= 4 is 11.8 Å². The standard InChI is InChI=1S/C15H19N3OS/c1-3-19-13-6-4-12(5-7-13)14(16)10-20-15-17-8-11(2)9-18-15/h4-9,14H,3,10,16H2,1-2H3. The van der Waals surface area contributed by atoms with Gasteiger partial charge in [0.25, 0.3) is 0 Å². The second-order valence-electron chi connectivity index (χ2n) is 4.46. The summed E-state index contributed by atoms with van der Waals surface area (Å²) < 4.78 is 5.42. The highest BCUT2D eigenvalue weighted by molar-refractivity contribution is 7.99. The van der Waals surface area contributed by atoms with Crippen LogP contribution < -0.4 is 10.5 Å². The maximum atomic E-state index is 6.18. The summed E-state index contributed by atoms with van der Waals surface area (Å²) in [5, 5.41) is 0.761. The molecule has 5 heteroatoms. The van der Waals surface area contributed by atoms with E-state index in [0.29, 0.717) is 6.61 Å². The van der Waals surface area contributed by atoms with Crippen molar-refractivity contribution < 1.29 is 4.74 Å². The molecule has 0 amide bonds. The van der Waals surface area contributed by atoms with E-state index in [1.165, 1.54) is 0 Å². The van der Waals surface area contributed by atoms with Gasteiger partial charge in [-0.1, -0.05) is 23.9 Å². The minimum absolute atomic E-state index is 0.0411. The van der Waals surface area contributed by atoms with Crippen LogP contribution >= 0.6 is 11.8 Å². The Kier molecular flexibility index (Phi) is 5.38. The summed E-state index contributed by atoms with van der Waals surface area (Å²) in [7, 11) is 0. The number of benzene rings is 1. The van der Waals surface area contributed by atoms with Crippen LogP contribution in [0.25, 0.3) is 0 Å². The van der Waals surface area contributed by atoms with Crippen LogP contribution in [0.5, 0.6) is 5.75 Å². The van der Waals surface area contributed by atoms with Gasteiger partial charge >= 0.3 is 0 Å². The van der Waals surface area contributed by atoms with Crippen molar-refractivity contribution in [3.63, 3.8) is 0 Å². The first-order valence-electron chi connectivity index (χ1n) is 6.59. The summed E-state index contributed by atoms with van der Waals surface area (Å²) in [5.41, 5.74) is 8.33. The average molecular weight is 289 g/mol. The topological polar surface area (TPSA) is 61.0 Å². The molecule has 0 aliphatic carbocycles. The summed E-state index contributed by atoms with van der Waals surface area (Å²) in [5.74, 6) is 1.62. The van der Waals surface area contributed by atoms with E-state index in [-0.39, 0.29) is 6.04 Å². The van der Waals surface area contributed by atoms with Crippen LogP contribution in [0.2, 0.25) is 0 Å². The molecule has 1 atom stereocenters. The predicted molar refractivity (Wildman–Crippen MR) is 82.0 cm³/mol. The molecule has 0 fully saturated rings. The van der Waals surface area contributed by atoms with E-state index in [0.717, 1.165) is 27.8 Å². The van der Waals surface area contributed by atoms with Gasteiger partial charge in [0.1, 0.15) is 5.75 Å². The molecule has 0 aliphatic rings. The zero-order chi connectivity index (χ0) is 14.4. The molecule has 4 nitrogen and oxygen atoms in total. The lowest BCUT2D eigenvalue weighted by atomic mass is 10.1. The summed E-state index contributed by atoms with van der Waals surface area (Å²) in [6, 6.07) is 7.87. The third kappa shape index (κ3) is 4.21. The molecule has 2 rings (SSSR count). The van der Waals surface area contributed by atoms with Crippen LogP contribution in [0.15, 0.2) is 41.8 Å². The predicted octanol–water partition coefficient (Wildman–Crippen LogP) is 2.98. The zero-order valence-electron chi connectivity index (χ0n) is 11.7. The van der Waals surface area contributed by atoms with Crippen molar-refractivity contribution in [2.24, 2.45) is 5.73 Å². The summed E-state index contributed by atoms with van der Waals surface area (Å²) >= 11 is 1.57. The Hall–Kier alpha value is -1.59. The van der Waals surface area contributed by atoms with E-state index in [4.69, 9.17) is 10.5 Å². The van der Waals surface area contributed by atoms with E-state index in [9.17, 15) is 0 Å². The van der Waals surface area contributed by atoms with Crippen LogP contribution in [0.4, 0.5) is 0 Å². The molecule has 1 aromatic carbocycles. The molecule has 0 radical (unpaired) electrons. The molecular weight excluding hydrogens is 270 g/mol. The lowest BCUT2D eigenvalue weighted by molar-refractivity contribution is 0.340. The Morgan fingerprint density at radius 2 is 1.85 bits per heavy atom. The van der Waals surface area contributed by atoms with E-state index < -0.39 is 0 Å². The van der Waals surface area contributed by atoms with E-state index in [2.05, 4.69) is 9.97 Å². The zero-order valence-corrected chi connectivity index (χ0v) is 12.6. The minimum atomic E-state index is -0.0411. The van der Waals surface area contributed by atoms with Crippen molar-refractivity contribution in [1.29, 1.82) is 0 Å². The number of aryl methyl sites for hydroxylation is 1. The fourth-order valence-corrected chi connectivity index (χ4v) is 2.47. The average Bonchev–Trinajstić information content (AvgIpc) is 2.47. The van der Waals surface area contributed by atoms with Crippen molar-refractivity contribution in [2.75, 3.05) is 12.4 Å². The normalized spacial score (nSPS) is 12.2. The molecule has 0 saturated heterocycles. The summed E-state index contributed by atoms with van der Waals surface area (Å²) in [4.78, 5) is 8.52. The smallest absolute Gasteiger partial charge is 0.187 e. The largest absolute Gasteiger partial charge is 0.494 e. The number of thioether (sulfide) groups is 1. The van der Waals surface area contributed by atoms with Crippen LogP contribution in [0.3, 0.4) is 0 Å². The van der Waals surface area contributed by atoms with E-state index >= 15 is 0 Å². The fraction of sp³-hybridized carbons (Fsp3) is 0.333. The fourth-order valence-electron chi connectivity index (χ4n) is 1.69. The molecule has 1 aromatic heterocycles. The molecule has 0 saturated carbocycles. The van der Waals surface area contributed by atoms with Gasteiger partial charge in [0.2, 0.25) is 0 Å².